The lowest BCUT2D eigenvalue weighted by Gasteiger charge is -2.32. The number of hydrogen-bond acceptors (Lipinski definition) is 6. The van der Waals surface area contributed by atoms with Crippen LogP contribution >= 0.6 is 11.3 Å². The lowest BCUT2D eigenvalue weighted by atomic mass is 10.0. The van der Waals surface area contributed by atoms with Crippen LogP contribution < -0.4 is 10.9 Å². The van der Waals surface area contributed by atoms with E-state index in [9.17, 15) is 9.59 Å². The zero-order valence-corrected chi connectivity index (χ0v) is 14.9. The van der Waals surface area contributed by atoms with Crippen molar-refractivity contribution in [2.75, 3.05) is 13.1 Å². The average molecular weight is 349 g/mol. The molecule has 2 aromatic rings. The number of nitrogens with zero attached hydrogens (tertiary/aromatic N) is 4. The number of carbonyl (C=O) groups excluding carboxylic acids is 1. The van der Waals surface area contributed by atoms with Crippen molar-refractivity contribution in [1.29, 1.82) is 0 Å². The van der Waals surface area contributed by atoms with Crippen molar-refractivity contribution in [1.82, 2.24) is 24.8 Å². The van der Waals surface area contributed by atoms with E-state index in [2.05, 4.69) is 20.3 Å². The van der Waals surface area contributed by atoms with E-state index in [-0.39, 0.29) is 17.5 Å². The number of rotatable bonds is 5. The summed E-state index contributed by atoms with van der Waals surface area (Å²) in [4.78, 5) is 31.2. The van der Waals surface area contributed by atoms with E-state index in [0.717, 1.165) is 43.1 Å². The quantitative estimate of drug-likeness (QED) is 0.877. The molecule has 0 spiro atoms. The molecule has 2 aromatic heterocycles. The highest BCUT2D eigenvalue weighted by Crippen LogP contribution is 2.15. The molecule has 1 aliphatic rings. The fourth-order valence-corrected chi connectivity index (χ4v) is 3.77. The number of carbonyl (C=O) groups is 1. The second-order valence-electron chi connectivity index (χ2n) is 6.10. The van der Waals surface area contributed by atoms with Gasteiger partial charge in [-0.15, -0.1) is 0 Å². The fraction of sp³-hybridized carbons (Fsp3) is 0.625. The first-order valence-electron chi connectivity index (χ1n) is 8.49. The molecule has 1 saturated heterocycles. The van der Waals surface area contributed by atoms with Crippen LogP contribution in [0.5, 0.6) is 0 Å². The Labute approximate surface area is 144 Å². The van der Waals surface area contributed by atoms with Gasteiger partial charge in [-0.05, 0) is 19.3 Å². The van der Waals surface area contributed by atoms with E-state index in [1.54, 1.807) is 6.07 Å². The molecule has 1 N–H and O–H groups in total. The predicted molar refractivity (Wildman–Crippen MR) is 93.2 cm³/mol. The van der Waals surface area contributed by atoms with Crippen molar-refractivity contribution in [2.45, 2.75) is 52.1 Å². The third-order valence-corrected chi connectivity index (χ3v) is 5.35. The van der Waals surface area contributed by atoms with Crippen LogP contribution in [0.15, 0.2) is 10.9 Å². The van der Waals surface area contributed by atoms with E-state index >= 15 is 0 Å². The zero-order valence-electron chi connectivity index (χ0n) is 14.1. The Morgan fingerprint density at radius 1 is 1.38 bits per heavy atom. The van der Waals surface area contributed by atoms with Crippen molar-refractivity contribution in [3.05, 3.63) is 27.1 Å². The Morgan fingerprint density at radius 2 is 2.12 bits per heavy atom. The highest BCUT2D eigenvalue weighted by Gasteiger charge is 2.21. The van der Waals surface area contributed by atoms with E-state index < -0.39 is 0 Å². The van der Waals surface area contributed by atoms with Gasteiger partial charge in [0.15, 0.2) is 0 Å². The van der Waals surface area contributed by atoms with Crippen molar-refractivity contribution in [2.24, 2.45) is 0 Å². The van der Waals surface area contributed by atoms with Crippen LogP contribution in [0.4, 0.5) is 0 Å². The van der Waals surface area contributed by atoms with Crippen molar-refractivity contribution >= 4 is 22.2 Å². The van der Waals surface area contributed by atoms with Crippen molar-refractivity contribution < 1.29 is 4.79 Å². The number of amides is 1. The number of likely N-dealkylation sites (tertiary alicyclic amines) is 1. The molecule has 0 atom stereocenters. The van der Waals surface area contributed by atoms with Crippen LogP contribution in [0.1, 0.15) is 43.8 Å². The van der Waals surface area contributed by atoms with Gasteiger partial charge in [-0.25, -0.2) is 4.98 Å². The topological polar surface area (TPSA) is 79.6 Å². The Balaban J connectivity index is 1.64. The van der Waals surface area contributed by atoms with Crippen molar-refractivity contribution in [3.8, 4) is 0 Å². The Hall–Kier alpha value is -1.80. The number of fused-ring (bicyclic) bond motifs is 1. The monoisotopic (exact) mass is 349 g/mol. The minimum Gasteiger partial charge on any atom is -0.353 e. The summed E-state index contributed by atoms with van der Waals surface area (Å²) < 4.78 is 1.39. The maximum atomic E-state index is 12.2. The average Bonchev–Trinajstić information content (AvgIpc) is 3.00. The second-order valence-corrected chi connectivity index (χ2v) is 7.14. The van der Waals surface area contributed by atoms with Gasteiger partial charge < -0.3 is 5.32 Å². The summed E-state index contributed by atoms with van der Waals surface area (Å²) in [5, 5.41) is 8.25. The van der Waals surface area contributed by atoms with Gasteiger partial charge in [0, 0.05) is 38.2 Å². The Bertz CT molecular complexity index is 776. The molecule has 3 heterocycles. The van der Waals surface area contributed by atoms with Gasteiger partial charge in [0.1, 0.15) is 5.01 Å². The first kappa shape index (κ1) is 17.0. The maximum absolute atomic E-state index is 12.2. The molecule has 0 saturated carbocycles. The van der Waals surface area contributed by atoms with Crippen LogP contribution in [0, 0.1) is 0 Å². The molecule has 3 rings (SSSR count). The molecule has 0 aromatic carbocycles. The molecule has 0 bridgehead atoms. The zero-order chi connectivity index (χ0) is 17.1. The molecule has 130 valence electrons. The van der Waals surface area contributed by atoms with Gasteiger partial charge in [-0.1, -0.05) is 25.2 Å². The molecule has 8 heteroatoms. The molecule has 0 unspecified atom stereocenters. The van der Waals surface area contributed by atoms with Gasteiger partial charge in [0.25, 0.3) is 5.56 Å². The minimum absolute atomic E-state index is 0.115. The van der Waals surface area contributed by atoms with Crippen LogP contribution in [-0.4, -0.2) is 44.5 Å². The molecule has 0 radical (unpaired) electrons. The first-order valence-corrected chi connectivity index (χ1v) is 9.31. The summed E-state index contributed by atoms with van der Waals surface area (Å²) in [6.07, 6.45) is 3.21. The highest BCUT2D eigenvalue weighted by molar-refractivity contribution is 7.16. The van der Waals surface area contributed by atoms with Gasteiger partial charge in [0.05, 0.1) is 5.69 Å². The van der Waals surface area contributed by atoms with Crippen molar-refractivity contribution in [3.63, 3.8) is 0 Å². The molecule has 0 aliphatic carbocycles. The number of piperidine rings is 1. The van der Waals surface area contributed by atoms with E-state index in [1.807, 2.05) is 13.8 Å². The highest BCUT2D eigenvalue weighted by atomic mass is 32.1. The van der Waals surface area contributed by atoms with Gasteiger partial charge >= 0.3 is 0 Å². The number of nitrogens with one attached hydrogen (secondary N) is 1. The summed E-state index contributed by atoms with van der Waals surface area (Å²) in [6, 6.07) is 1.85. The smallest absolute Gasteiger partial charge is 0.275 e. The number of aromatic nitrogens is 3. The number of hydrogen-bond donors (Lipinski definition) is 1. The van der Waals surface area contributed by atoms with Gasteiger partial charge in [-0.3, -0.25) is 14.5 Å². The fourth-order valence-electron chi connectivity index (χ4n) is 2.91. The molecule has 1 aliphatic heterocycles. The van der Waals surface area contributed by atoms with Crippen LogP contribution in [-0.2, 0) is 17.8 Å². The minimum atomic E-state index is -0.115. The normalized spacial score (nSPS) is 16.6. The summed E-state index contributed by atoms with van der Waals surface area (Å²) in [6.45, 7) is 6.36. The van der Waals surface area contributed by atoms with Gasteiger partial charge in [0.2, 0.25) is 10.9 Å². The molecule has 1 amide bonds. The first-order chi connectivity index (χ1) is 11.6. The SMILES string of the molecule is CCC(=O)NC1CCN(Cc2cc(=O)n3nc(CC)sc3n2)CC1. The Kier molecular flexibility index (Phi) is 5.25. The van der Waals surface area contributed by atoms with Crippen LogP contribution in [0.2, 0.25) is 0 Å². The van der Waals surface area contributed by atoms with Crippen LogP contribution in [0.25, 0.3) is 4.96 Å². The van der Waals surface area contributed by atoms with E-state index in [4.69, 9.17) is 0 Å². The third-order valence-electron chi connectivity index (χ3n) is 4.30. The molecule has 7 nitrogen and oxygen atoms in total. The summed E-state index contributed by atoms with van der Waals surface area (Å²) >= 11 is 1.47. The summed E-state index contributed by atoms with van der Waals surface area (Å²) in [5.74, 6) is 0.116. The lowest BCUT2D eigenvalue weighted by Crippen LogP contribution is -2.44. The third kappa shape index (κ3) is 3.81. The predicted octanol–water partition coefficient (Wildman–Crippen LogP) is 1.20. The van der Waals surface area contributed by atoms with E-state index in [1.165, 1.54) is 15.9 Å². The summed E-state index contributed by atoms with van der Waals surface area (Å²) in [5.41, 5.74) is 0.679. The largest absolute Gasteiger partial charge is 0.353 e. The second kappa shape index (κ2) is 7.40. The maximum Gasteiger partial charge on any atom is 0.275 e. The van der Waals surface area contributed by atoms with Crippen LogP contribution in [0.3, 0.4) is 0 Å². The van der Waals surface area contributed by atoms with Gasteiger partial charge in [-0.2, -0.15) is 9.61 Å². The molecule has 1 fully saturated rings. The Morgan fingerprint density at radius 3 is 2.79 bits per heavy atom. The lowest BCUT2D eigenvalue weighted by molar-refractivity contribution is -0.121. The van der Waals surface area contributed by atoms with E-state index in [0.29, 0.717) is 17.9 Å². The molecular weight excluding hydrogens is 326 g/mol. The standard InChI is InChI=1S/C16H23N5O2S/c1-3-13(22)17-11-5-7-20(8-6-11)10-12-9-15(23)21-16(18-12)24-14(4-2)19-21/h9,11H,3-8,10H2,1-2H3,(H,17,22). The number of aryl methyl sites for hydroxylation is 1. The summed E-state index contributed by atoms with van der Waals surface area (Å²) in [7, 11) is 0. The molecular formula is C16H23N5O2S. The molecule has 24 heavy (non-hydrogen) atoms.